The van der Waals surface area contributed by atoms with E-state index in [0.29, 0.717) is 0 Å². The van der Waals surface area contributed by atoms with Crippen molar-refractivity contribution in [3.8, 4) is 0 Å². The molecule has 0 bridgehead atoms. The minimum atomic E-state index is -5.05. The summed E-state index contributed by atoms with van der Waals surface area (Å²) in [7, 11) is 0. The van der Waals surface area contributed by atoms with Crippen molar-refractivity contribution in [1.82, 2.24) is 4.90 Å². The molecule has 0 fully saturated rings. The summed E-state index contributed by atoms with van der Waals surface area (Å²) in [5.41, 5.74) is -1.87. The molecule has 0 aliphatic heterocycles. The molecule has 0 aromatic rings. The third-order valence-corrected chi connectivity index (χ3v) is 2.00. The fourth-order valence-corrected chi connectivity index (χ4v) is 1.06. The molecule has 15 heavy (non-hydrogen) atoms. The molecule has 0 atom stereocenters. The third-order valence-electron chi connectivity index (χ3n) is 2.00. The van der Waals surface area contributed by atoms with E-state index in [0.717, 1.165) is 13.8 Å². The van der Waals surface area contributed by atoms with Crippen LogP contribution in [-0.4, -0.2) is 40.1 Å². The lowest BCUT2D eigenvalue weighted by atomic mass is 10.0. The smallest absolute Gasteiger partial charge is 0.471 e. The van der Waals surface area contributed by atoms with Crippen LogP contribution >= 0.6 is 0 Å². The summed E-state index contributed by atoms with van der Waals surface area (Å²) in [6.07, 6.45) is -5.05. The van der Waals surface area contributed by atoms with Gasteiger partial charge in [-0.1, -0.05) is 0 Å². The minimum absolute atomic E-state index is 0.273. The van der Waals surface area contributed by atoms with Gasteiger partial charge in [-0.25, -0.2) is 4.79 Å². The first kappa shape index (κ1) is 13.7. The highest BCUT2D eigenvalue weighted by molar-refractivity contribution is 5.89. The maximum Gasteiger partial charge on any atom is 0.471 e. The van der Waals surface area contributed by atoms with Crippen molar-refractivity contribution >= 4 is 11.9 Å². The molecule has 0 aromatic carbocycles. The fraction of sp³-hybridized carbons (Fsp3) is 0.750. The molecule has 0 heterocycles. The van der Waals surface area contributed by atoms with Gasteiger partial charge in [0.05, 0.1) is 0 Å². The first-order valence-corrected chi connectivity index (χ1v) is 4.17. The van der Waals surface area contributed by atoms with E-state index in [4.69, 9.17) is 5.11 Å². The molecule has 0 radical (unpaired) electrons. The Hall–Kier alpha value is -1.27. The zero-order valence-corrected chi connectivity index (χ0v) is 8.55. The van der Waals surface area contributed by atoms with Gasteiger partial charge in [-0.15, -0.1) is 0 Å². The van der Waals surface area contributed by atoms with Crippen molar-refractivity contribution in [2.24, 2.45) is 0 Å². The van der Waals surface area contributed by atoms with E-state index in [1.807, 2.05) is 0 Å². The Kier molecular flexibility index (Phi) is 3.73. The molecule has 1 amide bonds. The average molecular weight is 227 g/mol. The molecule has 7 heteroatoms. The van der Waals surface area contributed by atoms with Gasteiger partial charge in [-0.3, -0.25) is 4.79 Å². The van der Waals surface area contributed by atoms with Crippen LogP contribution in [0.1, 0.15) is 20.8 Å². The molecule has 0 unspecified atom stereocenters. The van der Waals surface area contributed by atoms with Crippen molar-refractivity contribution in [1.29, 1.82) is 0 Å². The van der Waals surface area contributed by atoms with Gasteiger partial charge in [-0.05, 0) is 20.8 Å². The first-order chi connectivity index (χ1) is 6.55. The SMILES string of the molecule is CCN(C(=O)C(F)(F)F)C(C)(C)C(=O)O. The standard InChI is InChI=1S/C8H12F3NO3/c1-4-12(5(13)8(9,10)11)7(2,3)6(14)15/h4H2,1-3H3,(H,14,15). The average Bonchev–Trinajstić information content (AvgIpc) is 2.02. The number of amides is 1. The van der Waals surface area contributed by atoms with Crippen LogP contribution in [0, 0.1) is 0 Å². The molecule has 0 saturated carbocycles. The van der Waals surface area contributed by atoms with E-state index in [1.165, 1.54) is 6.92 Å². The van der Waals surface area contributed by atoms with Gasteiger partial charge in [-0.2, -0.15) is 13.2 Å². The molecular formula is C8H12F3NO3. The van der Waals surface area contributed by atoms with E-state index in [1.54, 1.807) is 0 Å². The molecule has 0 rings (SSSR count). The van der Waals surface area contributed by atoms with Crippen LogP contribution < -0.4 is 0 Å². The van der Waals surface area contributed by atoms with Crippen molar-refractivity contribution < 1.29 is 27.9 Å². The summed E-state index contributed by atoms with van der Waals surface area (Å²) in [6.45, 7) is 3.05. The van der Waals surface area contributed by atoms with E-state index in [-0.39, 0.29) is 11.4 Å². The van der Waals surface area contributed by atoms with Crippen LogP contribution in [0.2, 0.25) is 0 Å². The highest BCUT2D eigenvalue weighted by Crippen LogP contribution is 2.24. The number of carboxylic acids is 1. The second-order valence-corrected chi connectivity index (χ2v) is 3.41. The number of nitrogens with zero attached hydrogens (tertiary/aromatic N) is 1. The molecule has 0 aliphatic carbocycles. The Bertz CT molecular complexity index is 273. The van der Waals surface area contributed by atoms with Crippen LogP contribution in [0.5, 0.6) is 0 Å². The second kappa shape index (κ2) is 4.08. The fourth-order valence-electron chi connectivity index (χ4n) is 1.06. The van der Waals surface area contributed by atoms with E-state index < -0.39 is 23.6 Å². The van der Waals surface area contributed by atoms with E-state index >= 15 is 0 Å². The van der Waals surface area contributed by atoms with Crippen LogP contribution in [0.25, 0.3) is 0 Å². The molecule has 4 nitrogen and oxygen atoms in total. The number of carbonyl (C=O) groups is 2. The summed E-state index contributed by atoms with van der Waals surface area (Å²) in [5.74, 6) is -3.63. The maximum absolute atomic E-state index is 12.1. The van der Waals surface area contributed by atoms with Gasteiger partial charge in [0, 0.05) is 6.54 Å². The molecule has 0 saturated heterocycles. The van der Waals surface area contributed by atoms with Crippen molar-refractivity contribution in [2.75, 3.05) is 6.54 Å². The summed E-state index contributed by atoms with van der Waals surface area (Å²) >= 11 is 0. The number of rotatable bonds is 3. The number of alkyl halides is 3. The molecule has 0 spiro atoms. The first-order valence-electron chi connectivity index (χ1n) is 4.17. The van der Waals surface area contributed by atoms with Gasteiger partial charge >= 0.3 is 18.1 Å². The second-order valence-electron chi connectivity index (χ2n) is 3.41. The number of hydrogen-bond donors (Lipinski definition) is 1. The van der Waals surface area contributed by atoms with Gasteiger partial charge in [0.1, 0.15) is 5.54 Å². The Morgan fingerprint density at radius 2 is 1.67 bits per heavy atom. The number of aliphatic carboxylic acids is 1. The van der Waals surface area contributed by atoms with Gasteiger partial charge in [0.25, 0.3) is 0 Å². The lowest BCUT2D eigenvalue weighted by molar-refractivity contribution is -0.193. The third kappa shape index (κ3) is 2.84. The van der Waals surface area contributed by atoms with Crippen LogP contribution in [-0.2, 0) is 9.59 Å². The van der Waals surface area contributed by atoms with Crippen LogP contribution in [0.15, 0.2) is 0 Å². The summed E-state index contributed by atoms with van der Waals surface area (Å²) in [5, 5.41) is 8.70. The molecule has 1 N–H and O–H groups in total. The molecule has 0 aromatic heterocycles. The zero-order valence-electron chi connectivity index (χ0n) is 8.55. The highest BCUT2D eigenvalue weighted by atomic mass is 19.4. The highest BCUT2D eigenvalue weighted by Gasteiger charge is 2.48. The number of likely N-dealkylation sites (N-methyl/N-ethyl adjacent to an activating group) is 1. The Balaban J connectivity index is 5.10. The predicted octanol–water partition coefficient (Wildman–Crippen LogP) is 1.26. The van der Waals surface area contributed by atoms with E-state index in [2.05, 4.69) is 0 Å². The van der Waals surface area contributed by atoms with Crippen molar-refractivity contribution in [3.63, 3.8) is 0 Å². The lowest BCUT2D eigenvalue weighted by Crippen LogP contribution is -2.56. The quantitative estimate of drug-likeness (QED) is 0.789. The molecule has 88 valence electrons. The number of halogens is 3. The van der Waals surface area contributed by atoms with Gasteiger partial charge < -0.3 is 10.0 Å². The zero-order chi connectivity index (χ0) is 12.4. The van der Waals surface area contributed by atoms with E-state index in [9.17, 15) is 22.8 Å². The number of carboxylic acid groups (broad SMARTS) is 1. The monoisotopic (exact) mass is 227 g/mol. The summed E-state index contributed by atoms with van der Waals surface area (Å²) < 4.78 is 36.3. The molecule has 0 aliphatic rings. The van der Waals surface area contributed by atoms with Crippen molar-refractivity contribution in [3.05, 3.63) is 0 Å². The summed E-state index contributed by atoms with van der Waals surface area (Å²) in [6, 6.07) is 0. The minimum Gasteiger partial charge on any atom is -0.480 e. The normalized spacial score (nSPS) is 12.4. The Labute approximate surface area is 84.7 Å². The Morgan fingerprint density at radius 1 is 1.27 bits per heavy atom. The van der Waals surface area contributed by atoms with Crippen molar-refractivity contribution in [2.45, 2.75) is 32.5 Å². The largest absolute Gasteiger partial charge is 0.480 e. The Morgan fingerprint density at radius 3 is 1.87 bits per heavy atom. The maximum atomic E-state index is 12.1. The van der Waals surface area contributed by atoms with Crippen LogP contribution in [0.3, 0.4) is 0 Å². The van der Waals surface area contributed by atoms with Gasteiger partial charge in [0.15, 0.2) is 0 Å². The number of hydrogen-bond acceptors (Lipinski definition) is 2. The van der Waals surface area contributed by atoms with Crippen LogP contribution in [0.4, 0.5) is 13.2 Å². The lowest BCUT2D eigenvalue weighted by Gasteiger charge is -2.34. The topological polar surface area (TPSA) is 57.6 Å². The summed E-state index contributed by atoms with van der Waals surface area (Å²) in [4.78, 5) is 21.8. The predicted molar refractivity (Wildman–Crippen MR) is 45.2 cm³/mol. The number of carbonyl (C=O) groups excluding carboxylic acids is 1. The van der Waals surface area contributed by atoms with Gasteiger partial charge in [0.2, 0.25) is 0 Å². The molecular weight excluding hydrogens is 215 g/mol.